The second-order valence-electron chi connectivity index (χ2n) is 31.4. The summed E-state index contributed by atoms with van der Waals surface area (Å²) in [5.74, 6) is 0.830. The van der Waals surface area contributed by atoms with E-state index in [0.717, 1.165) is 184 Å². The lowest BCUT2D eigenvalue weighted by Crippen LogP contribution is -2.46. The molecular weight excluding hydrogens is 1520 g/mol. The number of carbonyl (C=O) groups is 6. The predicted octanol–water partition coefficient (Wildman–Crippen LogP) is 11.3. The lowest BCUT2D eigenvalue weighted by Gasteiger charge is -2.36. The van der Waals surface area contributed by atoms with Gasteiger partial charge in [0.15, 0.2) is 28.9 Å². The fourth-order valence-electron chi connectivity index (χ4n) is 17.0. The number of benzene rings is 1. The van der Waals surface area contributed by atoms with Gasteiger partial charge in [-0.3, -0.25) is 71.9 Å². The quantitative estimate of drug-likeness (QED) is 0.0104. The van der Waals surface area contributed by atoms with Crippen LogP contribution in [0.1, 0.15) is 229 Å². The van der Waals surface area contributed by atoms with Crippen molar-refractivity contribution in [2.45, 2.75) is 182 Å². The van der Waals surface area contributed by atoms with E-state index in [9.17, 15) is 43.2 Å². The molecule has 9 aromatic heterocycles. The topological polar surface area (TPSA) is 406 Å². The average Bonchev–Trinajstić information content (AvgIpc) is 1.17. The van der Waals surface area contributed by atoms with Gasteiger partial charge in [-0.1, -0.05) is 82.1 Å². The maximum atomic E-state index is 13.5. The molecule has 15 rings (SSSR count). The van der Waals surface area contributed by atoms with Gasteiger partial charge < -0.3 is 36.0 Å². The number of nitrogens with one attached hydrogen (secondary N) is 4. The van der Waals surface area contributed by atoms with Crippen LogP contribution in [0.5, 0.6) is 0 Å². The second kappa shape index (κ2) is 39.2. The Kier molecular flexibility index (Phi) is 28.0. The van der Waals surface area contributed by atoms with Crippen molar-refractivity contribution in [3.8, 4) is 0 Å². The molecule has 0 spiro atoms. The van der Waals surface area contributed by atoms with Gasteiger partial charge in [-0.25, -0.2) is 35.4 Å². The van der Waals surface area contributed by atoms with Gasteiger partial charge in [0.05, 0.1) is 46.0 Å². The molecule has 32 heteroatoms. The highest BCUT2D eigenvalue weighted by atomic mass is 16.5. The highest BCUT2D eigenvalue weighted by Gasteiger charge is 2.31. The van der Waals surface area contributed by atoms with Crippen LogP contribution in [-0.2, 0) is 11.3 Å². The third-order valence-corrected chi connectivity index (χ3v) is 23.5. The van der Waals surface area contributed by atoms with Crippen LogP contribution in [-0.4, -0.2) is 191 Å². The van der Waals surface area contributed by atoms with Gasteiger partial charge in [0.2, 0.25) is 17.8 Å². The molecule has 2 saturated heterocycles. The summed E-state index contributed by atoms with van der Waals surface area (Å²) in [5.41, 5.74) is 8.71. The molecule has 624 valence electrons. The number of hydrogen-bond donors (Lipinski definition) is 7. The number of aromatic nitrogens is 12. The zero-order valence-corrected chi connectivity index (χ0v) is 68.4. The van der Waals surface area contributed by atoms with Gasteiger partial charge >= 0.3 is 0 Å². The number of Topliss-reactive ketones (excluding diaryl/α,β-unsaturated/α-hetero) is 5. The summed E-state index contributed by atoms with van der Waals surface area (Å²) in [6.07, 6.45) is 27.4. The van der Waals surface area contributed by atoms with Gasteiger partial charge in [-0.2, -0.15) is 15.0 Å². The third-order valence-electron chi connectivity index (χ3n) is 23.5. The number of pyridine rings is 6. The summed E-state index contributed by atoms with van der Waals surface area (Å²) < 4.78 is 5.07. The highest BCUT2D eigenvalue weighted by Crippen LogP contribution is 2.36. The number of hydroxylamine groups is 1. The number of aliphatic hydroxyl groups is 2. The molecule has 5 aliphatic rings. The fraction of sp³-hybridized carbons (Fsp3) is 0.448. The molecule has 1 amide bonds. The van der Waals surface area contributed by atoms with Crippen LogP contribution in [0, 0.1) is 20.8 Å². The van der Waals surface area contributed by atoms with Crippen LogP contribution >= 0.6 is 0 Å². The third kappa shape index (κ3) is 20.0. The molecule has 3 saturated carbocycles. The van der Waals surface area contributed by atoms with Crippen molar-refractivity contribution < 1.29 is 44.2 Å². The Bertz CT molecular complexity index is 5550. The largest absolute Gasteiger partial charge is 0.389 e. The molecule has 2 aliphatic heterocycles. The minimum atomic E-state index is -0.668. The van der Waals surface area contributed by atoms with Crippen LogP contribution in [0.15, 0.2) is 112 Å². The first-order chi connectivity index (χ1) is 57.6. The van der Waals surface area contributed by atoms with Gasteiger partial charge in [-0.15, -0.1) is 0 Å². The number of anilines is 8. The molecule has 1 aromatic carbocycles. The van der Waals surface area contributed by atoms with Crippen LogP contribution in [0.2, 0.25) is 0 Å². The molecule has 0 unspecified atom stereocenters. The number of aliphatic hydroxyl groups excluding tert-OH is 2. The number of unbranched alkanes of at least 4 members (excludes halogenated alkanes) is 4. The average molecular weight is 1620 g/mol. The Morgan fingerprint density at radius 1 is 0.420 bits per heavy atom. The van der Waals surface area contributed by atoms with Gasteiger partial charge in [-0.05, 0) is 158 Å². The Morgan fingerprint density at radius 3 is 1.14 bits per heavy atom. The summed E-state index contributed by atoms with van der Waals surface area (Å²) in [6.45, 7) is 18.2. The minimum Gasteiger partial charge on any atom is -0.389 e. The number of ketones is 5. The summed E-state index contributed by atoms with van der Waals surface area (Å²) in [7, 11) is 0. The molecule has 11 heterocycles. The van der Waals surface area contributed by atoms with Crippen molar-refractivity contribution in [2.75, 3.05) is 97.9 Å². The van der Waals surface area contributed by atoms with Gasteiger partial charge in [0, 0.05) is 130 Å². The number of hydrogen-bond acceptors (Lipinski definition) is 28. The molecule has 3 aliphatic carbocycles. The molecule has 5 fully saturated rings. The van der Waals surface area contributed by atoms with Gasteiger partial charge in [0.25, 0.3) is 22.6 Å². The molecule has 0 atom stereocenters. The van der Waals surface area contributed by atoms with E-state index in [1.807, 2.05) is 42.7 Å². The van der Waals surface area contributed by atoms with E-state index in [0.29, 0.717) is 85.7 Å². The van der Waals surface area contributed by atoms with Crippen molar-refractivity contribution in [3.05, 3.63) is 179 Å². The fourth-order valence-corrected chi connectivity index (χ4v) is 17.0. The standard InChI is InChI=1S/C33H37N7O4.C33H45N7O4.C21H22N6O4/c1-21-27-18-35-33(37-31(27)40(25-5-3-4-6-25)32(44)30(21)22(2)42)36-29-12-11-26(17-34-29)39-15-13-38(14-16-39)19-23-7-9-24(10-8-23)28(43)20-41;1-23-28-21-35-33(37-31(28)40(25-10-7-8-11-25)32(44)30(23)24(2)42)36-29-14-13-26(20-34-29)39-18-16-38(17-19-39)15-9-5-3-4-6-12-27(43)22-41;1-11-15-10-23-21(24-16-8-7-13(9-22-16)19(29)26-31)25-18(15)27(14-5-3-4-6-14)20(30)17(11)12(2)28/h7-12,17-18,25,41H,3-6,13-16,19-20H2,1-2H3,(H,34,35,36,37);13-14,20-21,25,41H,3-12,15-19,22H2,1-2H3,(H,34,35,36,37);7-10,14,31H,3-6H2,1-2H3,(H,26,29)(H,22,23,24,25). The van der Waals surface area contributed by atoms with Gasteiger partial charge in [0.1, 0.15) is 47.6 Å². The highest BCUT2D eigenvalue weighted by molar-refractivity contribution is 6.02. The van der Waals surface area contributed by atoms with Crippen molar-refractivity contribution >= 4 is 115 Å². The Balaban J connectivity index is 0.000000157. The summed E-state index contributed by atoms with van der Waals surface area (Å²) >= 11 is 0. The molecule has 10 aromatic rings. The SMILES string of the molecule is CC(=O)c1c(C)c2cnc(Nc3ccc(C(=O)NO)cn3)nc2n(C2CCCC2)c1=O.CC(=O)c1c(C)c2cnc(Nc3ccc(N4CCN(CCCCCCCC(=O)CO)CC4)cn3)nc2n(C2CCCC2)c1=O.CC(=O)c1c(C)c2cnc(Nc3ccc(N4CCN(Cc5ccc(C(=O)CO)cc5)CC4)cn3)nc2n(C2CCCC2)c1=O. The summed E-state index contributed by atoms with van der Waals surface area (Å²) in [4.78, 5) is 162. The van der Waals surface area contributed by atoms with E-state index in [4.69, 9.17) is 25.4 Å². The lowest BCUT2D eigenvalue weighted by molar-refractivity contribution is -0.121. The number of amides is 1. The van der Waals surface area contributed by atoms with Crippen molar-refractivity contribution in [3.63, 3.8) is 0 Å². The zero-order valence-electron chi connectivity index (χ0n) is 68.4. The first-order valence-corrected chi connectivity index (χ1v) is 41.3. The van der Waals surface area contributed by atoms with Crippen molar-refractivity contribution in [1.29, 1.82) is 0 Å². The Hall–Kier alpha value is -11.8. The zero-order chi connectivity index (χ0) is 84.0. The van der Waals surface area contributed by atoms with E-state index >= 15 is 0 Å². The van der Waals surface area contributed by atoms with Crippen LogP contribution in [0.4, 0.5) is 46.7 Å². The van der Waals surface area contributed by atoms with E-state index in [2.05, 4.69) is 76.5 Å². The number of carbonyl (C=O) groups excluding carboxylic acids is 6. The first kappa shape index (κ1) is 85.1. The number of nitrogens with zero attached hydrogens (tertiary/aromatic N) is 16. The molecule has 32 nitrogen and oxygen atoms in total. The number of piperazine rings is 2. The van der Waals surface area contributed by atoms with E-state index < -0.39 is 12.5 Å². The van der Waals surface area contributed by atoms with Crippen LogP contribution in [0.3, 0.4) is 0 Å². The maximum Gasteiger partial charge on any atom is 0.276 e. The normalized spacial score (nSPS) is 15.5. The van der Waals surface area contributed by atoms with Crippen LogP contribution in [0.25, 0.3) is 33.1 Å². The minimum absolute atomic E-state index is 0.00847. The first-order valence-electron chi connectivity index (χ1n) is 41.3. The van der Waals surface area contributed by atoms with Crippen LogP contribution < -0.4 is 47.9 Å². The Morgan fingerprint density at radius 2 is 0.790 bits per heavy atom. The second-order valence-corrected chi connectivity index (χ2v) is 31.4. The Labute approximate surface area is 688 Å². The molecular formula is C87H104N20O12. The smallest absolute Gasteiger partial charge is 0.276 e. The molecule has 0 radical (unpaired) electrons. The number of aryl methyl sites for hydroxylation is 3. The monoisotopic (exact) mass is 1620 g/mol. The summed E-state index contributed by atoms with van der Waals surface area (Å²) in [6, 6.07) is 18.4. The predicted molar refractivity (Wildman–Crippen MR) is 454 cm³/mol. The van der Waals surface area contributed by atoms with Crippen molar-refractivity contribution in [1.82, 2.24) is 73.8 Å². The number of fused-ring (bicyclic) bond motifs is 3. The van der Waals surface area contributed by atoms with E-state index in [1.165, 1.54) is 45.9 Å². The van der Waals surface area contributed by atoms with E-state index in [1.54, 1.807) is 76.7 Å². The lowest BCUT2D eigenvalue weighted by atomic mass is 10.0. The molecule has 7 N–H and O–H groups in total. The summed E-state index contributed by atoms with van der Waals surface area (Å²) in [5, 5.41) is 38.0. The molecule has 119 heavy (non-hydrogen) atoms. The molecule has 0 bridgehead atoms. The number of rotatable bonds is 28. The van der Waals surface area contributed by atoms with Crippen molar-refractivity contribution in [2.24, 2.45) is 0 Å². The maximum absolute atomic E-state index is 13.5. The van der Waals surface area contributed by atoms with E-state index in [-0.39, 0.29) is 98.5 Å².